The fraction of sp³-hybridized carbons (Fsp3) is 0.375. The standard InChI is InChI=1S/C8H7ClF2N2O2/c1-4-7(13(14)15)5(3-9)2-6(12-4)8(10)11/h2,8H,3H2,1H3. The molecule has 0 saturated heterocycles. The van der Waals surface area contributed by atoms with Crippen molar-refractivity contribution in [1.82, 2.24) is 4.98 Å². The molecule has 7 heteroatoms. The highest BCUT2D eigenvalue weighted by atomic mass is 35.5. The van der Waals surface area contributed by atoms with Gasteiger partial charge >= 0.3 is 0 Å². The number of pyridine rings is 1. The van der Waals surface area contributed by atoms with Crippen LogP contribution in [0.1, 0.15) is 23.4 Å². The van der Waals surface area contributed by atoms with Crippen molar-refractivity contribution in [3.8, 4) is 0 Å². The highest BCUT2D eigenvalue weighted by Crippen LogP contribution is 2.27. The summed E-state index contributed by atoms with van der Waals surface area (Å²) in [5.74, 6) is -0.195. The maximum absolute atomic E-state index is 12.3. The van der Waals surface area contributed by atoms with Gasteiger partial charge in [0, 0.05) is 5.56 Å². The molecular weight excluding hydrogens is 230 g/mol. The van der Waals surface area contributed by atoms with Gasteiger partial charge in [-0.15, -0.1) is 11.6 Å². The molecule has 0 spiro atoms. The summed E-state index contributed by atoms with van der Waals surface area (Å²) in [4.78, 5) is 13.4. The second kappa shape index (κ2) is 4.48. The molecule has 0 aliphatic carbocycles. The molecule has 1 heterocycles. The Kier molecular flexibility index (Phi) is 3.52. The average molecular weight is 237 g/mol. The number of nitro groups is 1. The highest BCUT2D eigenvalue weighted by molar-refractivity contribution is 6.17. The Morgan fingerprint density at radius 3 is 2.67 bits per heavy atom. The number of hydrogen-bond acceptors (Lipinski definition) is 3. The van der Waals surface area contributed by atoms with E-state index in [0.29, 0.717) is 0 Å². The van der Waals surface area contributed by atoms with Crippen LogP contribution in [-0.2, 0) is 5.88 Å². The summed E-state index contributed by atoms with van der Waals surface area (Å²) < 4.78 is 24.6. The van der Waals surface area contributed by atoms with Gasteiger partial charge in [0.1, 0.15) is 11.4 Å². The van der Waals surface area contributed by atoms with E-state index in [9.17, 15) is 18.9 Å². The second-order valence-electron chi connectivity index (χ2n) is 2.83. The summed E-state index contributed by atoms with van der Waals surface area (Å²) in [6, 6.07) is 0.961. The summed E-state index contributed by atoms with van der Waals surface area (Å²) in [6.45, 7) is 1.31. The van der Waals surface area contributed by atoms with Gasteiger partial charge in [0.05, 0.1) is 10.8 Å². The van der Waals surface area contributed by atoms with E-state index < -0.39 is 17.0 Å². The molecule has 0 amide bonds. The van der Waals surface area contributed by atoms with E-state index in [1.165, 1.54) is 6.92 Å². The molecule has 15 heavy (non-hydrogen) atoms. The number of alkyl halides is 3. The first-order chi connectivity index (χ1) is 6.97. The summed E-state index contributed by atoms with van der Waals surface area (Å²) in [5.41, 5.74) is -0.777. The molecular formula is C8H7ClF2N2O2. The van der Waals surface area contributed by atoms with Gasteiger partial charge in [-0.25, -0.2) is 13.8 Å². The van der Waals surface area contributed by atoms with Gasteiger partial charge < -0.3 is 0 Å². The first kappa shape index (κ1) is 11.8. The van der Waals surface area contributed by atoms with Crippen molar-refractivity contribution >= 4 is 17.3 Å². The predicted molar refractivity (Wildman–Crippen MR) is 50.1 cm³/mol. The first-order valence-electron chi connectivity index (χ1n) is 3.96. The first-order valence-corrected chi connectivity index (χ1v) is 4.49. The number of nitrogens with zero attached hydrogens (tertiary/aromatic N) is 2. The van der Waals surface area contributed by atoms with Crippen LogP contribution in [0.4, 0.5) is 14.5 Å². The third-order valence-corrected chi connectivity index (χ3v) is 2.10. The van der Waals surface area contributed by atoms with Crippen molar-refractivity contribution in [1.29, 1.82) is 0 Å². The minimum atomic E-state index is -2.76. The Morgan fingerprint density at radius 1 is 1.67 bits per heavy atom. The van der Waals surface area contributed by atoms with Crippen LogP contribution < -0.4 is 0 Å². The largest absolute Gasteiger partial charge is 0.294 e. The molecule has 0 unspecified atom stereocenters. The Bertz CT molecular complexity index is 398. The van der Waals surface area contributed by atoms with Crippen LogP contribution in [0.5, 0.6) is 0 Å². The molecule has 1 rings (SSSR count). The van der Waals surface area contributed by atoms with Crippen molar-refractivity contribution in [2.45, 2.75) is 19.2 Å². The maximum atomic E-state index is 12.3. The maximum Gasteiger partial charge on any atom is 0.294 e. The van der Waals surface area contributed by atoms with Crippen molar-refractivity contribution in [3.05, 3.63) is 33.1 Å². The van der Waals surface area contributed by atoms with E-state index in [1.807, 2.05) is 0 Å². The molecule has 0 aromatic carbocycles. The SMILES string of the molecule is Cc1nc(C(F)F)cc(CCl)c1[N+](=O)[O-]. The Morgan fingerprint density at radius 2 is 2.27 bits per heavy atom. The number of hydrogen-bond donors (Lipinski definition) is 0. The molecule has 1 aromatic heterocycles. The van der Waals surface area contributed by atoms with Crippen LogP contribution in [0.2, 0.25) is 0 Å². The number of aryl methyl sites for hydroxylation is 1. The van der Waals surface area contributed by atoms with E-state index in [4.69, 9.17) is 11.6 Å². The Labute approximate surface area is 89.0 Å². The summed E-state index contributed by atoms with van der Waals surface area (Å²) in [6.07, 6.45) is -2.76. The molecule has 1 aromatic rings. The van der Waals surface area contributed by atoms with Crippen LogP contribution in [-0.4, -0.2) is 9.91 Å². The molecule has 4 nitrogen and oxygen atoms in total. The quantitative estimate of drug-likeness (QED) is 0.461. The lowest BCUT2D eigenvalue weighted by molar-refractivity contribution is -0.386. The normalized spacial score (nSPS) is 10.7. The lowest BCUT2D eigenvalue weighted by atomic mass is 10.1. The monoisotopic (exact) mass is 236 g/mol. The van der Waals surface area contributed by atoms with Crippen LogP contribution in [0.25, 0.3) is 0 Å². The van der Waals surface area contributed by atoms with Gasteiger partial charge in [0.2, 0.25) is 0 Å². The molecule has 0 fully saturated rings. The third-order valence-electron chi connectivity index (χ3n) is 1.82. The smallest absolute Gasteiger partial charge is 0.258 e. The van der Waals surface area contributed by atoms with Gasteiger partial charge in [0.25, 0.3) is 12.1 Å². The van der Waals surface area contributed by atoms with Crippen LogP contribution in [0.3, 0.4) is 0 Å². The molecule has 0 aliphatic rings. The lowest BCUT2D eigenvalue weighted by Crippen LogP contribution is -2.02. The minimum absolute atomic E-state index is 0.0477. The molecule has 0 radical (unpaired) electrons. The van der Waals surface area contributed by atoms with Crippen LogP contribution in [0.15, 0.2) is 6.07 Å². The molecule has 0 N–H and O–H groups in total. The molecule has 0 saturated carbocycles. The number of rotatable bonds is 3. The number of aromatic nitrogens is 1. The van der Waals surface area contributed by atoms with Gasteiger partial charge in [-0.05, 0) is 13.0 Å². The predicted octanol–water partition coefficient (Wildman–Crippen LogP) is 2.97. The zero-order valence-corrected chi connectivity index (χ0v) is 8.46. The molecule has 0 atom stereocenters. The molecule has 0 bridgehead atoms. The van der Waals surface area contributed by atoms with E-state index in [2.05, 4.69) is 4.98 Å². The fourth-order valence-electron chi connectivity index (χ4n) is 1.22. The molecule has 0 aliphatic heterocycles. The van der Waals surface area contributed by atoms with Gasteiger partial charge in [-0.1, -0.05) is 0 Å². The van der Waals surface area contributed by atoms with Gasteiger partial charge in [-0.3, -0.25) is 10.1 Å². The van der Waals surface area contributed by atoms with Crippen molar-refractivity contribution in [3.63, 3.8) is 0 Å². The van der Waals surface area contributed by atoms with Gasteiger partial charge in [0.15, 0.2) is 0 Å². The topological polar surface area (TPSA) is 56.0 Å². The van der Waals surface area contributed by atoms with E-state index in [0.717, 1.165) is 6.07 Å². The summed E-state index contributed by atoms with van der Waals surface area (Å²) in [7, 11) is 0. The van der Waals surface area contributed by atoms with Crippen molar-refractivity contribution in [2.75, 3.05) is 0 Å². The zero-order valence-electron chi connectivity index (χ0n) is 7.71. The Balaban J connectivity index is 3.37. The zero-order chi connectivity index (χ0) is 11.6. The third kappa shape index (κ3) is 2.38. The molecule has 82 valence electrons. The van der Waals surface area contributed by atoms with E-state index >= 15 is 0 Å². The van der Waals surface area contributed by atoms with Crippen molar-refractivity contribution < 1.29 is 13.7 Å². The highest BCUT2D eigenvalue weighted by Gasteiger charge is 2.22. The van der Waals surface area contributed by atoms with Crippen LogP contribution in [0, 0.1) is 17.0 Å². The second-order valence-corrected chi connectivity index (χ2v) is 3.10. The van der Waals surface area contributed by atoms with E-state index in [1.54, 1.807) is 0 Å². The summed E-state index contributed by atoms with van der Waals surface area (Å²) >= 11 is 5.45. The number of halogens is 3. The minimum Gasteiger partial charge on any atom is -0.258 e. The average Bonchev–Trinajstić information content (AvgIpc) is 2.15. The van der Waals surface area contributed by atoms with Crippen LogP contribution >= 0.6 is 11.6 Å². The Hall–Kier alpha value is -1.30. The van der Waals surface area contributed by atoms with E-state index in [-0.39, 0.29) is 22.8 Å². The fourth-order valence-corrected chi connectivity index (χ4v) is 1.42. The van der Waals surface area contributed by atoms with Gasteiger partial charge in [-0.2, -0.15) is 0 Å². The van der Waals surface area contributed by atoms with Crippen molar-refractivity contribution in [2.24, 2.45) is 0 Å². The lowest BCUT2D eigenvalue weighted by Gasteiger charge is -2.05. The summed E-state index contributed by atoms with van der Waals surface area (Å²) in [5, 5.41) is 10.6.